The van der Waals surface area contributed by atoms with Crippen molar-refractivity contribution < 1.29 is 4.74 Å². The van der Waals surface area contributed by atoms with Crippen molar-refractivity contribution in [2.24, 2.45) is 0 Å². The van der Waals surface area contributed by atoms with Crippen LogP contribution in [0.4, 0.5) is 22.7 Å². The van der Waals surface area contributed by atoms with E-state index in [0.717, 1.165) is 34.1 Å². The standard InChI is InChI=1S/C52H42N4O/c1-51(2)43-25-15-24-42-41-29-28-38(31-47(41)56-50(48(42)43)44(32-53-56)52(51,3)4)57-37-21-13-20-36(30-37)54-33-55(46-27-12-11-26-45(46)54)49-39(34-16-7-5-8-17-34)22-14-23-40(49)35-18-9-6-10-19-35/h5-32H,33H2,1-4H3. The topological polar surface area (TPSA) is 33.0 Å². The van der Waals surface area contributed by atoms with Gasteiger partial charge in [-0.05, 0) is 63.9 Å². The van der Waals surface area contributed by atoms with E-state index in [1.807, 2.05) is 6.07 Å². The lowest BCUT2D eigenvalue weighted by molar-refractivity contribution is 0.304. The van der Waals surface area contributed by atoms with Gasteiger partial charge in [0, 0.05) is 50.7 Å². The van der Waals surface area contributed by atoms with Gasteiger partial charge in [-0.25, -0.2) is 4.52 Å². The third-order valence-electron chi connectivity index (χ3n) is 13.1. The van der Waals surface area contributed by atoms with E-state index >= 15 is 0 Å². The smallest absolute Gasteiger partial charge is 0.129 e. The molecule has 0 fully saturated rings. The molecule has 2 aromatic heterocycles. The molecule has 9 aromatic rings. The van der Waals surface area contributed by atoms with E-state index in [1.165, 1.54) is 60.7 Å². The largest absolute Gasteiger partial charge is 0.457 e. The number of hydrogen-bond acceptors (Lipinski definition) is 4. The normalized spacial score (nSPS) is 15.2. The first-order valence-corrected chi connectivity index (χ1v) is 19.8. The minimum absolute atomic E-state index is 0.0485. The highest BCUT2D eigenvalue weighted by atomic mass is 16.5. The average Bonchev–Trinajstić information content (AvgIpc) is 3.88. The summed E-state index contributed by atoms with van der Waals surface area (Å²) in [5.74, 6) is 1.56. The highest BCUT2D eigenvalue weighted by Gasteiger charge is 2.46. The van der Waals surface area contributed by atoms with Gasteiger partial charge in [0.15, 0.2) is 0 Å². The Morgan fingerprint density at radius 3 is 1.86 bits per heavy atom. The molecular weight excluding hydrogens is 697 g/mol. The fourth-order valence-electron chi connectivity index (χ4n) is 9.45. The molecule has 0 N–H and O–H groups in total. The molecule has 0 bridgehead atoms. The molecule has 1 aliphatic heterocycles. The van der Waals surface area contributed by atoms with Crippen LogP contribution in [0, 0.1) is 0 Å². The Morgan fingerprint density at radius 2 is 1.14 bits per heavy atom. The number of anilines is 4. The number of aromatic nitrogens is 2. The molecule has 57 heavy (non-hydrogen) atoms. The number of pyridine rings is 1. The zero-order chi connectivity index (χ0) is 38.5. The predicted octanol–water partition coefficient (Wildman–Crippen LogP) is 13.6. The predicted molar refractivity (Wildman–Crippen MR) is 236 cm³/mol. The molecule has 11 rings (SSSR count). The van der Waals surface area contributed by atoms with E-state index < -0.39 is 0 Å². The summed E-state index contributed by atoms with van der Waals surface area (Å²) in [7, 11) is 0. The van der Waals surface area contributed by atoms with E-state index in [4.69, 9.17) is 9.84 Å². The summed E-state index contributed by atoms with van der Waals surface area (Å²) in [5, 5.41) is 8.77. The average molecular weight is 739 g/mol. The Hall–Kier alpha value is -6.85. The zero-order valence-corrected chi connectivity index (χ0v) is 32.6. The fraction of sp³-hybridized carbons (Fsp3) is 0.135. The Labute approximate surface area is 333 Å². The minimum atomic E-state index is -0.0885. The van der Waals surface area contributed by atoms with E-state index in [2.05, 4.69) is 206 Å². The summed E-state index contributed by atoms with van der Waals surface area (Å²) in [6.07, 6.45) is 2.08. The number of nitrogens with zero attached hydrogens (tertiary/aromatic N) is 4. The van der Waals surface area contributed by atoms with Gasteiger partial charge in [0.05, 0.1) is 34.3 Å². The van der Waals surface area contributed by atoms with Gasteiger partial charge in [0.2, 0.25) is 0 Å². The van der Waals surface area contributed by atoms with E-state index in [-0.39, 0.29) is 10.8 Å². The summed E-state index contributed by atoms with van der Waals surface area (Å²) in [4.78, 5) is 4.85. The van der Waals surface area contributed by atoms with Crippen LogP contribution in [0.25, 0.3) is 49.4 Å². The lowest BCUT2D eigenvalue weighted by Crippen LogP contribution is -2.42. The van der Waals surface area contributed by atoms with E-state index in [1.54, 1.807) is 0 Å². The third kappa shape index (κ3) is 4.91. The number of hydrogen-bond donors (Lipinski definition) is 0. The van der Waals surface area contributed by atoms with Gasteiger partial charge in [-0.1, -0.05) is 143 Å². The molecule has 2 aliphatic rings. The van der Waals surface area contributed by atoms with Gasteiger partial charge in [-0.3, -0.25) is 0 Å². The van der Waals surface area contributed by atoms with Gasteiger partial charge >= 0.3 is 0 Å². The van der Waals surface area contributed by atoms with Crippen LogP contribution in [0.3, 0.4) is 0 Å². The lowest BCUT2D eigenvalue weighted by Gasteiger charge is -2.45. The molecule has 0 spiro atoms. The molecule has 5 nitrogen and oxygen atoms in total. The molecule has 0 unspecified atom stereocenters. The van der Waals surface area contributed by atoms with Crippen molar-refractivity contribution in [3.05, 3.63) is 181 Å². The molecule has 3 heterocycles. The van der Waals surface area contributed by atoms with Crippen LogP contribution < -0.4 is 14.5 Å². The number of para-hydroxylation sites is 3. The summed E-state index contributed by atoms with van der Waals surface area (Å²) >= 11 is 0. The highest BCUT2D eigenvalue weighted by Crippen LogP contribution is 2.54. The molecule has 0 amide bonds. The molecule has 276 valence electrons. The molecule has 0 atom stereocenters. The Kier molecular flexibility index (Phi) is 7.24. The van der Waals surface area contributed by atoms with Crippen molar-refractivity contribution in [3.8, 4) is 33.8 Å². The van der Waals surface area contributed by atoms with Crippen LogP contribution in [0.15, 0.2) is 170 Å². The maximum absolute atomic E-state index is 6.74. The Bertz CT molecular complexity index is 2980. The van der Waals surface area contributed by atoms with Crippen LogP contribution in [0.2, 0.25) is 0 Å². The number of ether oxygens (including phenoxy) is 1. The zero-order valence-electron chi connectivity index (χ0n) is 32.6. The van der Waals surface area contributed by atoms with Crippen LogP contribution in [0.1, 0.15) is 38.8 Å². The molecule has 1 aliphatic carbocycles. The van der Waals surface area contributed by atoms with E-state index in [0.29, 0.717) is 6.67 Å². The fourth-order valence-corrected chi connectivity index (χ4v) is 9.45. The summed E-state index contributed by atoms with van der Waals surface area (Å²) in [6, 6.07) is 58.5. The summed E-state index contributed by atoms with van der Waals surface area (Å²) in [6.45, 7) is 10.1. The third-order valence-corrected chi connectivity index (χ3v) is 13.1. The second kappa shape index (κ2) is 12.3. The van der Waals surface area contributed by atoms with Crippen molar-refractivity contribution in [2.75, 3.05) is 16.5 Å². The lowest BCUT2D eigenvalue weighted by atomic mass is 9.58. The maximum atomic E-state index is 6.74. The molecule has 0 saturated carbocycles. The quantitative estimate of drug-likeness (QED) is 0.159. The van der Waals surface area contributed by atoms with Crippen molar-refractivity contribution >= 4 is 49.9 Å². The molecule has 5 heteroatoms. The van der Waals surface area contributed by atoms with E-state index in [9.17, 15) is 0 Å². The van der Waals surface area contributed by atoms with Crippen LogP contribution in [0.5, 0.6) is 11.5 Å². The van der Waals surface area contributed by atoms with Crippen molar-refractivity contribution in [1.82, 2.24) is 9.61 Å². The van der Waals surface area contributed by atoms with Gasteiger partial charge in [-0.15, -0.1) is 0 Å². The first-order valence-electron chi connectivity index (χ1n) is 19.8. The minimum Gasteiger partial charge on any atom is -0.457 e. The summed E-state index contributed by atoms with van der Waals surface area (Å²) in [5.41, 5.74) is 14.1. The van der Waals surface area contributed by atoms with Crippen molar-refractivity contribution in [1.29, 1.82) is 0 Å². The highest BCUT2D eigenvalue weighted by molar-refractivity contribution is 6.16. The van der Waals surface area contributed by atoms with Crippen molar-refractivity contribution in [3.63, 3.8) is 0 Å². The van der Waals surface area contributed by atoms with Crippen molar-refractivity contribution in [2.45, 2.75) is 38.5 Å². The number of rotatable bonds is 6. The first-order chi connectivity index (χ1) is 27.8. The monoisotopic (exact) mass is 738 g/mol. The second-order valence-electron chi connectivity index (χ2n) is 16.5. The molecule has 7 aromatic carbocycles. The van der Waals surface area contributed by atoms with Gasteiger partial charge < -0.3 is 14.5 Å². The Balaban J connectivity index is 0.989. The molecular formula is C52H42N4O. The van der Waals surface area contributed by atoms with Gasteiger partial charge in [0.25, 0.3) is 0 Å². The maximum Gasteiger partial charge on any atom is 0.129 e. The van der Waals surface area contributed by atoms with Crippen LogP contribution in [-0.2, 0) is 10.8 Å². The van der Waals surface area contributed by atoms with Gasteiger partial charge in [0.1, 0.15) is 18.2 Å². The summed E-state index contributed by atoms with van der Waals surface area (Å²) < 4.78 is 8.88. The number of fused-ring (bicyclic) bond motifs is 4. The first kappa shape index (κ1) is 33.5. The van der Waals surface area contributed by atoms with Crippen LogP contribution in [-0.4, -0.2) is 16.3 Å². The molecule has 0 saturated heterocycles. The number of benzene rings is 7. The van der Waals surface area contributed by atoms with Crippen LogP contribution >= 0.6 is 0 Å². The molecule has 0 radical (unpaired) electrons. The van der Waals surface area contributed by atoms with Gasteiger partial charge in [-0.2, -0.15) is 5.10 Å². The Morgan fingerprint density at radius 1 is 0.526 bits per heavy atom. The SMILES string of the molecule is CC1(C)c2cccc3c4ccc(Oc5cccc(N6CN(c7c(-c8ccccc8)cccc7-c7ccccc7)c7ccccc76)c5)cc4n4ncc(c4c23)C1(C)C. The second-order valence-corrected chi connectivity index (χ2v) is 16.5.